The number of morpholine rings is 1. The van der Waals surface area contributed by atoms with E-state index in [1.165, 1.54) is 49.9 Å². The van der Waals surface area contributed by atoms with Gasteiger partial charge < -0.3 is 15.0 Å². The Kier molecular flexibility index (Phi) is 10.8. The molecule has 3 amide bonds. The number of hydrogen-bond donors (Lipinski definition) is 2. The molecule has 0 bridgehead atoms. The van der Waals surface area contributed by atoms with E-state index in [-0.39, 0.29) is 66.9 Å². The zero-order valence-corrected chi connectivity index (χ0v) is 34.9. The number of carbonyl (C=O) groups is 3. The third kappa shape index (κ3) is 7.41. The van der Waals surface area contributed by atoms with E-state index >= 15 is 13.2 Å². The third-order valence-corrected chi connectivity index (χ3v) is 13.8. The number of nitrogens with zero attached hydrogens (tertiary/aromatic N) is 10. The normalized spacial score (nSPS) is 25.0. The quantitative estimate of drug-likeness (QED) is 0.162. The number of hydrogen-bond acceptors (Lipinski definition) is 11. The smallest absolute Gasteiger partial charge is 0.329 e. The maximum atomic E-state index is 16.1. The number of likely N-dealkylation sites (tertiary alicyclic amines) is 2. The second kappa shape index (κ2) is 16.4. The molecule has 2 unspecified atom stereocenters. The summed E-state index contributed by atoms with van der Waals surface area (Å²) < 4.78 is 87.2. The van der Waals surface area contributed by atoms with Crippen LogP contribution in [0.4, 0.5) is 33.5 Å². The van der Waals surface area contributed by atoms with Crippen molar-refractivity contribution in [3.05, 3.63) is 69.9 Å². The van der Waals surface area contributed by atoms with Crippen LogP contribution in [0.1, 0.15) is 91.0 Å². The van der Waals surface area contributed by atoms with Crippen molar-refractivity contribution in [1.82, 2.24) is 48.6 Å². The molecule has 0 spiro atoms. The number of aryl methyl sites for hydroxylation is 1. The Bertz CT molecular complexity index is 2690. The fourth-order valence-corrected chi connectivity index (χ4v) is 10.5. The Morgan fingerprint density at radius 2 is 1.72 bits per heavy atom. The molecule has 340 valence electrons. The van der Waals surface area contributed by atoms with Crippen molar-refractivity contribution >= 4 is 45.9 Å². The first-order valence-corrected chi connectivity index (χ1v) is 21.7. The van der Waals surface area contributed by atoms with Crippen LogP contribution >= 0.6 is 0 Å². The van der Waals surface area contributed by atoms with Gasteiger partial charge in [-0.2, -0.15) is 10.2 Å². The van der Waals surface area contributed by atoms with E-state index in [2.05, 4.69) is 25.8 Å². The maximum absolute atomic E-state index is 16.1. The first kappa shape index (κ1) is 42.2. The molecule has 10 rings (SSSR count). The molecule has 1 aromatic carbocycles. The number of halogens is 5. The van der Waals surface area contributed by atoms with Crippen LogP contribution in [0, 0.1) is 5.82 Å². The predicted molar refractivity (Wildman–Crippen MR) is 220 cm³/mol. The molecule has 2 N–H and O–H groups in total. The van der Waals surface area contributed by atoms with Crippen LogP contribution in [0.25, 0.3) is 16.7 Å². The summed E-state index contributed by atoms with van der Waals surface area (Å²) in [7, 11) is 1.49. The van der Waals surface area contributed by atoms with Crippen molar-refractivity contribution in [2.75, 3.05) is 62.7 Å². The summed E-state index contributed by atoms with van der Waals surface area (Å²) in [5.41, 5.74) is 0.0332. The zero-order valence-electron chi connectivity index (χ0n) is 34.9. The van der Waals surface area contributed by atoms with Gasteiger partial charge in [0, 0.05) is 76.1 Å². The topological polar surface area (TPSA) is 169 Å². The molecule has 5 aliphatic rings. The summed E-state index contributed by atoms with van der Waals surface area (Å²) in [6, 6.07) is 2.01. The SMILES string of the molecule is Cn1c(=O)n(C2CCC(=O)NC2=O)c2ccc(F)c(C3CN(C4CCN(C5CCC(n6cc(NC(=O)c7cnn8ccc(N9CCOCC9)nc78)c(C(F)F)n6)CC5)CC4(F)F)C3)c21. The Balaban J connectivity index is 0.765. The van der Waals surface area contributed by atoms with Gasteiger partial charge in [0.2, 0.25) is 11.8 Å². The first-order valence-electron chi connectivity index (χ1n) is 21.7. The lowest BCUT2D eigenvalue weighted by Crippen LogP contribution is -2.64. The van der Waals surface area contributed by atoms with Gasteiger partial charge in [-0.05, 0) is 56.7 Å². The van der Waals surface area contributed by atoms with Crippen molar-refractivity contribution in [3.63, 3.8) is 0 Å². The lowest BCUT2D eigenvalue weighted by Gasteiger charge is -2.51. The number of imide groups is 1. The van der Waals surface area contributed by atoms with Crippen molar-refractivity contribution in [1.29, 1.82) is 0 Å². The van der Waals surface area contributed by atoms with Gasteiger partial charge in [-0.25, -0.2) is 36.2 Å². The summed E-state index contributed by atoms with van der Waals surface area (Å²) in [5, 5.41) is 13.3. The molecule has 2 atom stereocenters. The van der Waals surface area contributed by atoms with E-state index < -0.39 is 71.8 Å². The lowest BCUT2D eigenvalue weighted by atomic mass is 9.84. The van der Waals surface area contributed by atoms with Gasteiger partial charge >= 0.3 is 5.69 Å². The fraction of sp³-hybridized carbons (Fsp3) is 0.548. The van der Waals surface area contributed by atoms with Gasteiger partial charge in [-0.15, -0.1) is 0 Å². The van der Waals surface area contributed by atoms with Crippen LogP contribution in [0.2, 0.25) is 0 Å². The standard InChI is InChI=1S/C42H47F5N12O5/c1-53-36-29(59(41(53)63)30-8-9-33(60)51-40(30)62)7-6-27(43)34(36)23-19-56(20-23)31-10-12-55(22-42(31,46)47)24-2-4-25(5-3-24)58-21-28(35(52-58)37(44)45)49-39(61)26-18-48-57-13-11-32(50-38(26)57)54-14-16-64-17-15-54/h6-7,11,13,18,21,23-25,30-31,37H,2-5,8-10,12,14-17,19-20,22H2,1H3,(H,49,61)(H,51,60,62). The molecule has 4 aromatic heterocycles. The molecule has 17 nitrogen and oxygen atoms in total. The molecule has 0 radical (unpaired) electrons. The minimum absolute atomic E-state index is 0.0562. The largest absolute Gasteiger partial charge is 0.378 e. The number of fused-ring (bicyclic) bond motifs is 2. The Morgan fingerprint density at radius 1 is 0.969 bits per heavy atom. The highest BCUT2D eigenvalue weighted by Gasteiger charge is 2.52. The van der Waals surface area contributed by atoms with Crippen LogP contribution < -0.4 is 21.2 Å². The Labute approximate surface area is 362 Å². The van der Waals surface area contributed by atoms with Gasteiger partial charge in [-0.3, -0.25) is 43.3 Å². The predicted octanol–water partition coefficient (Wildman–Crippen LogP) is 4.02. The molecule has 4 aliphatic heterocycles. The highest BCUT2D eigenvalue weighted by molar-refractivity contribution is 6.08. The van der Waals surface area contributed by atoms with Gasteiger partial charge in [0.05, 0.1) is 54.8 Å². The molecular formula is C42H47F5N12O5. The van der Waals surface area contributed by atoms with Crippen molar-refractivity contribution in [2.24, 2.45) is 7.05 Å². The van der Waals surface area contributed by atoms with Crippen LogP contribution in [-0.2, 0) is 21.4 Å². The molecule has 8 heterocycles. The monoisotopic (exact) mass is 894 g/mol. The number of carbonyl (C=O) groups excluding carboxylic acids is 3. The van der Waals surface area contributed by atoms with E-state index in [1.807, 2.05) is 9.80 Å². The number of nitrogens with one attached hydrogen (secondary N) is 2. The van der Waals surface area contributed by atoms with Crippen LogP contribution in [0.3, 0.4) is 0 Å². The minimum atomic E-state index is -3.07. The number of piperidine rings is 2. The summed E-state index contributed by atoms with van der Waals surface area (Å²) in [6.07, 6.45) is 3.93. The van der Waals surface area contributed by atoms with Crippen LogP contribution in [0.15, 0.2) is 41.6 Å². The number of imidazole rings is 1. The Hall–Kier alpha value is -5.74. The number of ether oxygens (including phenoxy) is 1. The molecule has 1 aliphatic carbocycles. The van der Waals surface area contributed by atoms with E-state index in [0.29, 0.717) is 75.4 Å². The van der Waals surface area contributed by atoms with E-state index in [1.54, 1.807) is 17.2 Å². The van der Waals surface area contributed by atoms with Crippen molar-refractivity contribution in [3.8, 4) is 0 Å². The van der Waals surface area contributed by atoms with E-state index in [0.717, 1.165) is 0 Å². The van der Waals surface area contributed by atoms with Gasteiger partial charge in [-0.1, -0.05) is 0 Å². The molecule has 5 aromatic rings. The highest BCUT2D eigenvalue weighted by atomic mass is 19.3. The average molecular weight is 895 g/mol. The van der Waals surface area contributed by atoms with Crippen LogP contribution in [0.5, 0.6) is 0 Å². The van der Waals surface area contributed by atoms with Crippen LogP contribution in [-0.4, -0.2) is 132 Å². The molecule has 22 heteroatoms. The highest BCUT2D eigenvalue weighted by Crippen LogP contribution is 2.43. The summed E-state index contributed by atoms with van der Waals surface area (Å²) in [4.78, 5) is 61.5. The average Bonchev–Trinajstić information content (AvgIpc) is 3.96. The van der Waals surface area contributed by atoms with Gasteiger partial charge in [0.25, 0.3) is 18.3 Å². The fourth-order valence-electron chi connectivity index (χ4n) is 10.5. The van der Waals surface area contributed by atoms with E-state index in [9.17, 15) is 28.0 Å². The summed E-state index contributed by atoms with van der Waals surface area (Å²) in [6.45, 7) is 2.64. The Morgan fingerprint density at radius 3 is 2.44 bits per heavy atom. The second-order valence-corrected chi connectivity index (χ2v) is 17.5. The van der Waals surface area contributed by atoms with E-state index in [4.69, 9.17) is 4.74 Å². The number of benzene rings is 1. The lowest BCUT2D eigenvalue weighted by molar-refractivity contribution is -0.151. The van der Waals surface area contributed by atoms with Crippen molar-refractivity contribution in [2.45, 2.75) is 87.4 Å². The first-order chi connectivity index (χ1) is 30.8. The molecule has 4 saturated heterocycles. The number of alkyl halides is 4. The second-order valence-electron chi connectivity index (χ2n) is 17.5. The third-order valence-electron chi connectivity index (χ3n) is 13.8. The number of aromatic nitrogens is 7. The number of rotatable bonds is 9. The van der Waals surface area contributed by atoms with Gasteiger partial charge in [0.1, 0.15) is 23.2 Å². The van der Waals surface area contributed by atoms with Gasteiger partial charge in [0.15, 0.2) is 11.3 Å². The number of anilines is 2. The number of amides is 3. The van der Waals surface area contributed by atoms with Crippen molar-refractivity contribution < 1.29 is 41.1 Å². The zero-order chi connectivity index (χ0) is 44.6. The summed E-state index contributed by atoms with van der Waals surface area (Å²) >= 11 is 0. The molecular weight excluding hydrogens is 848 g/mol. The maximum Gasteiger partial charge on any atom is 0.329 e. The molecule has 64 heavy (non-hydrogen) atoms. The molecule has 5 fully saturated rings. The molecule has 1 saturated carbocycles. The summed E-state index contributed by atoms with van der Waals surface area (Å²) in [5.74, 6) is -5.16. The minimum Gasteiger partial charge on any atom is -0.378 e.